The van der Waals surface area contributed by atoms with Crippen LogP contribution >= 0.6 is 0 Å². The molecular formula is C25H45NO2Si. The SMILES string of the molecule is CCOC(=O)c1ccc(NCCCCCCCCCCCCC[Si](C)(C)C)cc1. The maximum absolute atomic E-state index is 11.6. The summed E-state index contributed by atoms with van der Waals surface area (Å²) in [5.74, 6) is -0.249. The van der Waals surface area contributed by atoms with Crippen molar-refractivity contribution < 1.29 is 9.53 Å². The second-order valence-electron chi connectivity index (χ2n) is 9.42. The lowest BCUT2D eigenvalue weighted by Gasteiger charge is -2.14. The summed E-state index contributed by atoms with van der Waals surface area (Å²) in [4.78, 5) is 11.6. The Labute approximate surface area is 181 Å². The lowest BCUT2D eigenvalue weighted by atomic mass is 10.1. The highest BCUT2D eigenvalue weighted by molar-refractivity contribution is 6.76. The van der Waals surface area contributed by atoms with Crippen molar-refractivity contribution in [1.29, 1.82) is 0 Å². The van der Waals surface area contributed by atoms with Crippen molar-refractivity contribution in [2.75, 3.05) is 18.5 Å². The number of carbonyl (C=O) groups is 1. The van der Waals surface area contributed by atoms with Crippen LogP contribution in [0.4, 0.5) is 5.69 Å². The molecule has 4 heteroatoms. The molecule has 0 atom stereocenters. The molecule has 0 unspecified atom stereocenters. The van der Waals surface area contributed by atoms with E-state index in [2.05, 4.69) is 25.0 Å². The van der Waals surface area contributed by atoms with Crippen molar-refractivity contribution in [3.8, 4) is 0 Å². The molecule has 3 nitrogen and oxygen atoms in total. The summed E-state index contributed by atoms with van der Waals surface area (Å²) in [6.45, 7) is 10.7. The number of ether oxygens (including phenoxy) is 1. The lowest BCUT2D eigenvalue weighted by molar-refractivity contribution is 0.0526. The van der Waals surface area contributed by atoms with Crippen molar-refractivity contribution in [2.45, 2.75) is 103 Å². The van der Waals surface area contributed by atoms with Crippen molar-refractivity contribution in [3.63, 3.8) is 0 Å². The van der Waals surface area contributed by atoms with Crippen LogP contribution in [0.25, 0.3) is 0 Å². The standard InChI is InChI=1S/C25H45NO2Si/c1-5-28-25(27)23-17-19-24(20-18-23)26-21-15-13-11-9-7-6-8-10-12-14-16-22-29(2,3)4/h17-20,26H,5-16,21-22H2,1-4H3. The number of nitrogens with one attached hydrogen (secondary N) is 1. The van der Waals surface area contributed by atoms with E-state index < -0.39 is 8.07 Å². The molecule has 0 amide bonds. The summed E-state index contributed by atoms with van der Waals surface area (Å²) in [5, 5.41) is 3.44. The van der Waals surface area contributed by atoms with E-state index in [1.165, 1.54) is 76.7 Å². The van der Waals surface area contributed by atoms with Crippen LogP contribution in [-0.4, -0.2) is 27.2 Å². The van der Waals surface area contributed by atoms with Crippen molar-refractivity contribution in [1.82, 2.24) is 0 Å². The Kier molecular flexibility index (Phi) is 13.8. The van der Waals surface area contributed by atoms with E-state index in [4.69, 9.17) is 4.74 Å². The molecular weight excluding hydrogens is 374 g/mol. The molecule has 0 heterocycles. The Morgan fingerprint density at radius 1 is 0.793 bits per heavy atom. The number of carbonyl (C=O) groups excluding carboxylic acids is 1. The number of benzene rings is 1. The molecule has 0 fully saturated rings. The lowest BCUT2D eigenvalue weighted by Crippen LogP contribution is -2.18. The molecule has 0 aliphatic carbocycles. The van der Waals surface area contributed by atoms with Crippen LogP contribution in [0.2, 0.25) is 25.7 Å². The molecule has 0 saturated heterocycles. The number of hydrogen-bond donors (Lipinski definition) is 1. The molecule has 0 saturated carbocycles. The topological polar surface area (TPSA) is 38.3 Å². The minimum absolute atomic E-state index is 0.249. The van der Waals surface area contributed by atoms with Gasteiger partial charge in [-0.2, -0.15) is 0 Å². The second-order valence-corrected chi connectivity index (χ2v) is 15.0. The average molecular weight is 420 g/mol. The van der Waals surface area contributed by atoms with Gasteiger partial charge in [0, 0.05) is 20.3 Å². The van der Waals surface area contributed by atoms with E-state index in [0.29, 0.717) is 12.2 Å². The van der Waals surface area contributed by atoms with E-state index in [-0.39, 0.29) is 5.97 Å². The number of hydrogen-bond acceptors (Lipinski definition) is 3. The molecule has 0 aromatic heterocycles. The van der Waals surface area contributed by atoms with Crippen LogP contribution in [0, 0.1) is 0 Å². The van der Waals surface area contributed by atoms with E-state index in [1.807, 2.05) is 31.2 Å². The molecule has 0 spiro atoms. The van der Waals surface area contributed by atoms with Crippen LogP contribution in [0.15, 0.2) is 24.3 Å². The highest BCUT2D eigenvalue weighted by atomic mass is 28.3. The fraction of sp³-hybridized carbons (Fsp3) is 0.720. The molecule has 1 rings (SSSR count). The predicted octanol–water partition coefficient (Wildman–Crippen LogP) is 7.90. The third-order valence-electron chi connectivity index (χ3n) is 5.33. The van der Waals surface area contributed by atoms with Crippen LogP contribution in [0.1, 0.15) is 87.9 Å². The second kappa shape index (κ2) is 15.5. The molecule has 0 bridgehead atoms. The van der Waals surface area contributed by atoms with Gasteiger partial charge in [0.05, 0.1) is 12.2 Å². The maximum atomic E-state index is 11.6. The third kappa shape index (κ3) is 14.3. The van der Waals surface area contributed by atoms with Gasteiger partial charge in [-0.3, -0.25) is 0 Å². The average Bonchev–Trinajstić information content (AvgIpc) is 2.68. The van der Waals surface area contributed by atoms with Gasteiger partial charge in [-0.1, -0.05) is 89.9 Å². The zero-order valence-electron chi connectivity index (χ0n) is 19.5. The van der Waals surface area contributed by atoms with Crippen LogP contribution in [0.5, 0.6) is 0 Å². The van der Waals surface area contributed by atoms with Gasteiger partial charge < -0.3 is 10.1 Å². The quantitative estimate of drug-likeness (QED) is 0.158. The molecule has 1 aromatic carbocycles. The number of rotatable bonds is 17. The third-order valence-corrected chi connectivity index (χ3v) is 7.18. The minimum Gasteiger partial charge on any atom is -0.462 e. The highest BCUT2D eigenvalue weighted by Crippen LogP contribution is 2.16. The van der Waals surface area contributed by atoms with Gasteiger partial charge in [0.1, 0.15) is 0 Å². The summed E-state index contributed by atoms with van der Waals surface area (Å²) in [5.41, 5.74) is 1.69. The van der Waals surface area contributed by atoms with Crippen LogP contribution in [-0.2, 0) is 4.74 Å². The molecule has 1 aromatic rings. The summed E-state index contributed by atoms with van der Waals surface area (Å²) in [6.07, 6.45) is 15.3. The molecule has 1 N–H and O–H groups in total. The first kappa shape index (κ1) is 25.7. The number of esters is 1. The first-order valence-electron chi connectivity index (χ1n) is 11.9. The van der Waals surface area contributed by atoms with Gasteiger partial charge in [-0.25, -0.2) is 4.79 Å². The van der Waals surface area contributed by atoms with E-state index in [1.54, 1.807) is 0 Å². The van der Waals surface area contributed by atoms with Gasteiger partial charge in [0.15, 0.2) is 0 Å². The van der Waals surface area contributed by atoms with Crippen LogP contribution in [0.3, 0.4) is 0 Å². The zero-order chi connectivity index (χ0) is 21.4. The minimum atomic E-state index is -0.808. The fourth-order valence-electron chi connectivity index (χ4n) is 3.54. The highest BCUT2D eigenvalue weighted by Gasteiger charge is 2.11. The smallest absolute Gasteiger partial charge is 0.338 e. The van der Waals surface area contributed by atoms with Gasteiger partial charge in [-0.15, -0.1) is 0 Å². The monoisotopic (exact) mass is 419 g/mol. The first-order valence-corrected chi connectivity index (χ1v) is 15.6. The summed E-state index contributed by atoms with van der Waals surface area (Å²) in [6, 6.07) is 9.06. The van der Waals surface area contributed by atoms with Crippen molar-refractivity contribution >= 4 is 19.7 Å². The molecule has 166 valence electrons. The summed E-state index contributed by atoms with van der Waals surface area (Å²) < 4.78 is 5.00. The molecule has 0 aliphatic rings. The fourth-order valence-corrected chi connectivity index (χ4v) is 4.85. The molecule has 0 aliphatic heterocycles. The Morgan fingerprint density at radius 3 is 1.76 bits per heavy atom. The number of anilines is 1. The maximum Gasteiger partial charge on any atom is 0.338 e. The van der Waals surface area contributed by atoms with Gasteiger partial charge >= 0.3 is 5.97 Å². The zero-order valence-corrected chi connectivity index (χ0v) is 20.5. The Hall–Kier alpha value is -1.29. The largest absolute Gasteiger partial charge is 0.462 e. The van der Waals surface area contributed by atoms with Gasteiger partial charge in [-0.05, 0) is 37.6 Å². The first-order chi connectivity index (χ1) is 13.9. The van der Waals surface area contributed by atoms with Crippen molar-refractivity contribution in [3.05, 3.63) is 29.8 Å². The van der Waals surface area contributed by atoms with Crippen LogP contribution < -0.4 is 5.32 Å². The molecule has 29 heavy (non-hydrogen) atoms. The summed E-state index contributed by atoms with van der Waals surface area (Å²) >= 11 is 0. The van der Waals surface area contributed by atoms with Gasteiger partial charge in [0.2, 0.25) is 0 Å². The predicted molar refractivity (Wildman–Crippen MR) is 130 cm³/mol. The number of unbranched alkanes of at least 4 members (excludes halogenated alkanes) is 10. The van der Waals surface area contributed by atoms with E-state index in [9.17, 15) is 4.79 Å². The normalized spacial score (nSPS) is 11.4. The van der Waals surface area contributed by atoms with E-state index in [0.717, 1.165) is 12.2 Å². The Bertz CT molecular complexity index is 537. The molecule has 0 radical (unpaired) electrons. The summed E-state index contributed by atoms with van der Waals surface area (Å²) in [7, 11) is -0.808. The van der Waals surface area contributed by atoms with E-state index >= 15 is 0 Å². The Morgan fingerprint density at radius 2 is 1.28 bits per heavy atom. The Balaban J connectivity index is 1.89. The van der Waals surface area contributed by atoms with Gasteiger partial charge in [0.25, 0.3) is 0 Å². The van der Waals surface area contributed by atoms with Crippen molar-refractivity contribution in [2.24, 2.45) is 0 Å².